The molecule has 0 atom stereocenters. The van der Waals surface area contributed by atoms with Crippen molar-refractivity contribution in [3.05, 3.63) is 71.7 Å². The molecular formula is C19H21N3O3S. The Kier molecular flexibility index (Phi) is 5.08. The molecule has 0 aliphatic carbocycles. The normalized spacial score (nSPS) is 16.4. The number of carbonyl (C=O) groups is 1. The van der Waals surface area contributed by atoms with Crippen molar-refractivity contribution in [3.63, 3.8) is 0 Å². The largest absolute Gasteiger partial charge is 0.379 e. The number of aromatic nitrogens is 1. The summed E-state index contributed by atoms with van der Waals surface area (Å²) in [6.45, 7) is 3.82. The number of pyridine rings is 1. The van der Waals surface area contributed by atoms with Gasteiger partial charge in [-0.05, 0) is 37.5 Å². The van der Waals surface area contributed by atoms with E-state index >= 15 is 0 Å². The molecule has 1 aromatic heterocycles. The Hall–Kier alpha value is -2.67. The van der Waals surface area contributed by atoms with E-state index in [0.29, 0.717) is 18.5 Å². The van der Waals surface area contributed by atoms with E-state index in [2.05, 4.69) is 10.3 Å². The maximum Gasteiger partial charge on any atom is 0.285 e. The first kappa shape index (κ1) is 18.1. The average molecular weight is 371 g/mol. The van der Waals surface area contributed by atoms with Crippen LogP contribution in [-0.2, 0) is 21.2 Å². The van der Waals surface area contributed by atoms with Crippen LogP contribution in [0.2, 0.25) is 0 Å². The van der Waals surface area contributed by atoms with E-state index in [1.807, 2.05) is 18.2 Å². The lowest BCUT2D eigenvalue weighted by molar-refractivity contribution is -0.123. The van der Waals surface area contributed by atoms with Gasteiger partial charge in [-0.15, -0.1) is 0 Å². The Morgan fingerprint density at radius 1 is 1.12 bits per heavy atom. The van der Waals surface area contributed by atoms with Crippen molar-refractivity contribution in [2.24, 2.45) is 0 Å². The minimum Gasteiger partial charge on any atom is -0.379 e. The highest BCUT2D eigenvalue weighted by molar-refractivity contribution is 7.99. The molecule has 0 bridgehead atoms. The average Bonchev–Trinajstić information content (AvgIpc) is 2.82. The van der Waals surface area contributed by atoms with Gasteiger partial charge in [-0.25, -0.2) is 12.7 Å². The van der Waals surface area contributed by atoms with Crippen LogP contribution in [0.25, 0.3) is 4.91 Å². The summed E-state index contributed by atoms with van der Waals surface area (Å²) in [6.07, 6.45) is 4.08. The molecule has 0 radical (unpaired) electrons. The van der Waals surface area contributed by atoms with Gasteiger partial charge in [0, 0.05) is 25.0 Å². The molecule has 3 rings (SSSR count). The molecule has 0 saturated heterocycles. The second-order valence-electron chi connectivity index (χ2n) is 6.31. The van der Waals surface area contributed by atoms with E-state index in [1.54, 1.807) is 50.5 Å². The second-order valence-corrected chi connectivity index (χ2v) is 8.06. The fourth-order valence-electron chi connectivity index (χ4n) is 2.97. The monoisotopic (exact) mass is 371 g/mol. The van der Waals surface area contributed by atoms with Gasteiger partial charge in [-0.3, -0.25) is 9.78 Å². The number of amides is 1. The third-order valence-corrected chi connectivity index (χ3v) is 6.16. The number of nitrogens with one attached hydrogen (secondary N) is 1. The molecule has 1 aliphatic rings. The number of benzene rings is 1. The standard InChI is InChI=1S/C19H21N3O3S/c1-14(2)22-19(23)17(21-12-10-15-7-6-11-20-13-15)18(26(22,24)25)16-8-4-3-5-9-16/h3-9,11,13-14,21H,10,12H2,1-2H3. The van der Waals surface area contributed by atoms with E-state index in [-0.39, 0.29) is 10.6 Å². The lowest BCUT2D eigenvalue weighted by Gasteiger charge is -2.20. The zero-order valence-electron chi connectivity index (χ0n) is 14.7. The molecule has 1 N–H and O–H groups in total. The summed E-state index contributed by atoms with van der Waals surface area (Å²) in [5.41, 5.74) is 1.65. The third kappa shape index (κ3) is 3.35. The molecule has 0 saturated carbocycles. The van der Waals surface area contributed by atoms with Gasteiger partial charge in [0.1, 0.15) is 10.6 Å². The molecular weight excluding hydrogens is 350 g/mol. The fourth-order valence-corrected chi connectivity index (χ4v) is 4.89. The van der Waals surface area contributed by atoms with Gasteiger partial charge in [-0.1, -0.05) is 36.4 Å². The van der Waals surface area contributed by atoms with Gasteiger partial charge >= 0.3 is 0 Å². The summed E-state index contributed by atoms with van der Waals surface area (Å²) in [6, 6.07) is 12.1. The van der Waals surface area contributed by atoms with Crippen LogP contribution in [-0.4, -0.2) is 36.2 Å². The highest BCUT2D eigenvalue weighted by atomic mass is 32.2. The van der Waals surface area contributed by atoms with Crippen molar-refractivity contribution in [2.45, 2.75) is 26.3 Å². The van der Waals surface area contributed by atoms with Crippen molar-refractivity contribution in [2.75, 3.05) is 6.54 Å². The summed E-state index contributed by atoms with van der Waals surface area (Å²) in [7, 11) is -3.89. The molecule has 6 nitrogen and oxygen atoms in total. The van der Waals surface area contributed by atoms with Crippen molar-refractivity contribution < 1.29 is 13.2 Å². The summed E-state index contributed by atoms with van der Waals surface area (Å²) >= 11 is 0. The molecule has 2 aromatic rings. The van der Waals surface area contributed by atoms with Crippen LogP contribution in [0, 0.1) is 0 Å². The Morgan fingerprint density at radius 3 is 2.46 bits per heavy atom. The minimum absolute atomic E-state index is 0.0444. The first-order chi connectivity index (χ1) is 12.4. The smallest absolute Gasteiger partial charge is 0.285 e. The molecule has 7 heteroatoms. The van der Waals surface area contributed by atoms with Gasteiger partial charge in [0.2, 0.25) is 0 Å². The number of hydrogen-bond donors (Lipinski definition) is 1. The van der Waals surface area contributed by atoms with E-state index in [4.69, 9.17) is 0 Å². The molecule has 0 unspecified atom stereocenters. The first-order valence-corrected chi connectivity index (χ1v) is 9.88. The molecule has 1 aliphatic heterocycles. The van der Waals surface area contributed by atoms with Crippen molar-refractivity contribution >= 4 is 20.8 Å². The summed E-state index contributed by atoms with van der Waals surface area (Å²) in [5, 5.41) is 3.05. The van der Waals surface area contributed by atoms with Crippen LogP contribution >= 0.6 is 0 Å². The first-order valence-electron chi connectivity index (χ1n) is 8.44. The summed E-state index contributed by atoms with van der Waals surface area (Å²) < 4.78 is 26.9. The zero-order valence-corrected chi connectivity index (χ0v) is 15.5. The third-order valence-electron chi connectivity index (χ3n) is 4.10. The van der Waals surface area contributed by atoms with Crippen LogP contribution in [0.5, 0.6) is 0 Å². The second kappa shape index (κ2) is 7.29. The quantitative estimate of drug-likeness (QED) is 0.842. The van der Waals surface area contributed by atoms with Crippen LogP contribution in [0.1, 0.15) is 25.0 Å². The van der Waals surface area contributed by atoms with Crippen molar-refractivity contribution in [1.29, 1.82) is 0 Å². The van der Waals surface area contributed by atoms with E-state index in [1.165, 1.54) is 0 Å². The fraction of sp³-hybridized carbons (Fsp3) is 0.263. The van der Waals surface area contributed by atoms with Gasteiger partial charge in [-0.2, -0.15) is 0 Å². The SMILES string of the molecule is CC(C)N1C(=O)C(NCCc2cccnc2)=C(c2ccccc2)S1(=O)=O. The van der Waals surface area contributed by atoms with Gasteiger partial charge in [0.25, 0.3) is 15.9 Å². The number of carbonyl (C=O) groups excluding carboxylic acids is 1. The lowest BCUT2D eigenvalue weighted by Crippen LogP contribution is -2.39. The number of rotatable bonds is 6. The van der Waals surface area contributed by atoms with E-state index < -0.39 is 22.0 Å². The Morgan fingerprint density at radius 2 is 1.85 bits per heavy atom. The highest BCUT2D eigenvalue weighted by Crippen LogP contribution is 2.35. The molecule has 0 fully saturated rings. The Labute approximate surface area is 153 Å². The predicted molar refractivity (Wildman–Crippen MR) is 100 cm³/mol. The molecule has 26 heavy (non-hydrogen) atoms. The topological polar surface area (TPSA) is 79.4 Å². The molecule has 136 valence electrons. The minimum atomic E-state index is -3.89. The van der Waals surface area contributed by atoms with Crippen molar-refractivity contribution in [3.8, 4) is 0 Å². The maximum absolute atomic E-state index is 13.0. The molecule has 0 spiro atoms. The van der Waals surface area contributed by atoms with Gasteiger partial charge in [0.05, 0.1) is 0 Å². The molecule has 2 heterocycles. The van der Waals surface area contributed by atoms with E-state index in [9.17, 15) is 13.2 Å². The van der Waals surface area contributed by atoms with Crippen LogP contribution in [0.4, 0.5) is 0 Å². The van der Waals surface area contributed by atoms with Crippen LogP contribution in [0.15, 0.2) is 60.6 Å². The summed E-state index contributed by atoms with van der Waals surface area (Å²) in [4.78, 5) is 16.9. The lowest BCUT2D eigenvalue weighted by atomic mass is 10.1. The van der Waals surface area contributed by atoms with Crippen LogP contribution in [0.3, 0.4) is 0 Å². The highest BCUT2D eigenvalue weighted by Gasteiger charge is 2.45. The zero-order chi connectivity index (χ0) is 18.7. The van der Waals surface area contributed by atoms with Gasteiger partial charge < -0.3 is 5.32 Å². The number of hydrogen-bond acceptors (Lipinski definition) is 5. The van der Waals surface area contributed by atoms with Gasteiger partial charge in [0.15, 0.2) is 0 Å². The Balaban J connectivity index is 1.95. The predicted octanol–water partition coefficient (Wildman–Crippen LogP) is 2.16. The summed E-state index contributed by atoms with van der Waals surface area (Å²) in [5.74, 6) is -0.509. The van der Waals surface area contributed by atoms with Crippen LogP contribution < -0.4 is 5.32 Å². The molecule has 1 amide bonds. The number of nitrogens with zero attached hydrogens (tertiary/aromatic N) is 2. The maximum atomic E-state index is 13.0. The van der Waals surface area contributed by atoms with Crippen molar-refractivity contribution in [1.82, 2.24) is 14.6 Å². The number of sulfonamides is 1. The van der Waals surface area contributed by atoms with E-state index in [0.717, 1.165) is 9.87 Å². The molecule has 1 aromatic carbocycles. The Bertz CT molecular complexity index is 923.